The Morgan fingerprint density at radius 1 is 1.47 bits per heavy atom. The van der Waals surface area contributed by atoms with E-state index >= 15 is 0 Å². The highest BCUT2D eigenvalue weighted by Crippen LogP contribution is 2.24. The number of hydrogen-bond donors (Lipinski definition) is 1. The molecular weight excluding hydrogens is 194 g/mol. The Hall–Kier alpha value is -1.58. The van der Waals surface area contributed by atoms with E-state index in [0.29, 0.717) is 11.4 Å². The summed E-state index contributed by atoms with van der Waals surface area (Å²) in [6.45, 7) is 3.73. The van der Waals surface area contributed by atoms with Crippen molar-refractivity contribution in [3.8, 4) is 5.75 Å². The van der Waals surface area contributed by atoms with E-state index in [-0.39, 0.29) is 5.92 Å². The normalized spacial score (nSPS) is 12.5. The summed E-state index contributed by atoms with van der Waals surface area (Å²) in [4.78, 5) is 15.1. The van der Waals surface area contributed by atoms with Gasteiger partial charge in [0.1, 0.15) is 11.7 Å². The van der Waals surface area contributed by atoms with Crippen molar-refractivity contribution >= 4 is 5.97 Å². The van der Waals surface area contributed by atoms with Gasteiger partial charge in [0.15, 0.2) is 0 Å². The van der Waals surface area contributed by atoms with Gasteiger partial charge < -0.3 is 9.84 Å². The zero-order valence-corrected chi connectivity index (χ0v) is 9.10. The maximum Gasteiger partial charge on any atom is 0.312 e. The standard InChI is InChI=1S/C11H15NO3/c1-7(2)10(11(13)14)9-5-4-8(15-3)6-12-9/h4-7,10H,1-3H3,(H,13,14). The Morgan fingerprint density at radius 2 is 2.13 bits per heavy atom. The van der Waals surface area contributed by atoms with Gasteiger partial charge in [-0.2, -0.15) is 0 Å². The van der Waals surface area contributed by atoms with Gasteiger partial charge in [-0.25, -0.2) is 0 Å². The van der Waals surface area contributed by atoms with Gasteiger partial charge in [-0.3, -0.25) is 9.78 Å². The number of carboxylic acid groups (broad SMARTS) is 1. The first kappa shape index (κ1) is 11.5. The number of rotatable bonds is 4. The molecule has 0 aromatic carbocycles. The minimum Gasteiger partial charge on any atom is -0.495 e. The predicted octanol–water partition coefficient (Wildman–Crippen LogP) is 1.91. The van der Waals surface area contributed by atoms with E-state index in [4.69, 9.17) is 9.84 Å². The summed E-state index contributed by atoms with van der Waals surface area (Å²) in [5.41, 5.74) is 0.568. The first-order valence-corrected chi connectivity index (χ1v) is 4.79. The fraction of sp³-hybridized carbons (Fsp3) is 0.455. The summed E-state index contributed by atoms with van der Waals surface area (Å²) < 4.78 is 4.96. The molecule has 1 rings (SSSR count). The van der Waals surface area contributed by atoms with Crippen molar-refractivity contribution in [2.45, 2.75) is 19.8 Å². The van der Waals surface area contributed by atoms with Crippen molar-refractivity contribution in [2.75, 3.05) is 7.11 Å². The molecule has 0 amide bonds. The molecule has 0 aliphatic carbocycles. The largest absolute Gasteiger partial charge is 0.495 e. The Bertz CT molecular complexity index is 332. The third-order valence-corrected chi connectivity index (χ3v) is 2.25. The number of pyridine rings is 1. The van der Waals surface area contributed by atoms with Crippen LogP contribution in [0.3, 0.4) is 0 Å². The Labute approximate surface area is 88.9 Å². The third kappa shape index (κ3) is 2.68. The van der Waals surface area contributed by atoms with Crippen LogP contribution in [0.2, 0.25) is 0 Å². The predicted molar refractivity (Wildman–Crippen MR) is 56.0 cm³/mol. The molecule has 0 fully saturated rings. The van der Waals surface area contributed by atoms with E-state index in [1.54, 1.807) is 19.2 Å². The molecule has 0 aliphatic heterocycles. The lowest BCUT2D eigenvalue weighted by Gasteiger charge is -2.15. The molecule has 15 heavy (non-hydrogen) atoms. The van der Waals surface area contributed by atoms with Crippen LogP contribution in [0.5, 0.6) is 5.75 Å². The molecule has 1 atom stereocenters. The second kappa shape index (κ2) is 4.77. The summed E-state index contributed by atoms with van der Waals surface area (Å²) in [6.07, 6.45) is 1.54. The van der Waals surface area contributed by atoms with Crippen LogP contribution in [0.4, 0.5) is 0 Å². The lowest BCUT2D eigenvalue weighted by Crippen LogP contribution is -2.18. The van der Waals surface area contributed by atoms with E-state index in [0.717, 1.165) is 0 Å². The van der Waals surface area contributed by atoms with Crippen LogP contribution in [0.15, 0.2) is 18.3 Å². The average Bonchev–Trinajstić information content (AvgIpc) is 2.18. The minimum absolute atomic E-state index is 0.0170. The first-order valence-electron chi connectivity index (χ1n) is 4.79. The molecule has 1 aromatic rings. The van der Waals surface area contributed by atoms with E-state index < -0.39 is 11.9 Å². The molecule has 0 radical (unpaired) electrons. The highest BCUT2D eigenvalue weighted by Gasteiger charge is 2.24. The zero-order chi connectivity index (χ0) is 11.4. The van der Waals surface area contributed by atoms with Crippen LogP contribution in [0.25, 0.3) is 0 Å². The van der Waals surface area contributed by atoms with Crippen LogP contribution in [-0.2, 0) is 4.79 Å². The number of aliphatic carboxylic acids is 1. The smallest absolute Gasteiger partial charge is 0.312 e. The summed E-state index contributed by atoms with van der Waals surface area (Å²) in [5, 5.41) is 9.05. The molecule has 0 saturated heterocycles. The van der Waals surface area contributed by atoms with Crippen molar-refractivity contribution in [1.29, 1.82) is 0 Å². The van der Waals surface area contributed by atoms with Crippen LogP contribution in [0.1, 0.15) is 25.5 Å². The summed E-state index contributed by atoms with van der Waals surface area (Å²) >= 11 is 0. The van der Waals surface area contributed by atoms with Crippen molar-refractivity contribution in [3.05, 3.63) is 24.0 Å². The second-order valence-corrected chi connectivity index (χ2v) is 3.68. The van der Waals surface area contributed by atoms with Crippen LogP contribution in [0, 0.1) is 5.92 Å². The number of ether oxygens (including phenoxy) is 1. The quantitative estimate of drug-likeness (QED) is 0.822. The van der Waals surface area contributed by atoms with Crippen molar-refractivity contribution in [3.63, 3.8) is 0 Å². The summed E-state index contributed by atoms with van der Waals surface area (Å²) in [5.74, 6) is -0.756. The van der Waals surface area contributed by atoms with Crippen LogP contribution >= 0.6 is 0 Å². The lowest BCUT2D eigenvalue weighted by atomic mass is 9.92. The molecule has 4 nitrogen and oxygen atoms in total. The Morgan fingerprint density at radius 3 is 2.47 bits per heavy atom. The topological polar surface area (TPSA) is 59.4 Å². The van der Waals surface area contributed by atoms with Crippen LogP contribution < -0.4 is 4.74 Å². The lowest BCUT2D eigenvalue weighted by molar-refractivity contribution is -0.140. The Kier molecular flexibility index (Phi) is 3.66. The summed E-state index contributed by atoms with van der Waals surface area (Å²) in [6, 6.07) is 3.41. The van der Waals surface area contributed by atoms with Crippen molar-refractivity contribution in [2.24, 2.45) is 5.92 Å². The molecule has 0 bridgehead atoms. The van der Waals surface area contributed by atoms with Gasteiger partial charge >= 0.3 is 5.97 Å². The maximum absolute atomic E-state index is 11.0. The van der Waals surface area contributed by atoms with E-state index in [9.17, 15) is 4.79 Å². The maximum atomic E-state index is 11.0. The van der Waals surface area contributed by atoms with Crippen molar-refractivity contribution < 1.29 is 14.6 Å². The number of nitrogens with zero attached hydrogens (tertiary/aromatic N) is 1. The molecule has 0 spiro atoms. The SMILES string of the molecule is COc1ccc(C(C(=O)O)C(C)C)nc1. The molecule has 1 N–H and O–H groups in total. The van der Waals surface area contributed by atoms with Gasteiger partial charge in [-0.15, -0.1) is 0 Å². The van der Waals surface area contributed by atoms with Gasteiger partial charge in [0.2, 0.25) is 0 Å². The van der Waals surface area contributed by atoms with Crippen LogP contribution in [-0.4, -0.2) is 23.2 Å². The number of methoxy groups -OCH3 is 1. The van der Waals surface area contributed by atoms with Crippen molar-refractivity contribution in [1.82, 2.24) is 4.98 Å². The first-order chi connectivity index (χ1) is 7.06. The van der Waals surface area contributed by atoms with Gasteiger partial charge in [0, 0.05) is 0 Å². The summed E-state index contributed by atoms with van der Waals surface area (Å²) in [7, 11) is 1.55. The number of carboxylic acids is 1. The zero-order valence-electron chi connectivity index (χ0n) is 9.10. The molecule has 82 valence electrons. The second-order valence-electron chi connectivity index (χ2n) is 3.68. The van der Waals surface area contributed by atoms with E-state index in [1.807, 2.05) is 13.8 Å². The van der Waals surface area contributed by atoms with Gasteiger partial charge in [-0.1, -0.05) is 13.8 Å². The molecule has 0 saturated carbocycles. The average molecular weight is 209 g/mol. The van der Waals surface area contributed by atoms with E-state index in [2.05, 4.69) is 4.98 Å². The highest BCUT2D eigenvalue weighted by atomic mass is 16.5. The molecule has 0 aliphatic rings. The van der Waals surface area contributed by atoms with Gasteiger partial charge in [0.05, 0.1) is 19.0 Å². The van der Waals surface area contributed by atoms with Gasteiger partial charge in [0.25, 0.3) is 0 Å². The molecule has 4 heteroatoms. The number of aromatic nitrogens is 1. The fourth-order valence-corrected chi connectivity index (χ4v) is 1.45. The third-order valence-electron chi connectivity index (χ3n) is 2.25. The molecular formula is C11H15NO3. The Balaban J connectivity index is 2.97. The fourth-order valence-electron chi connectivity index (χ4n) is 1.45. The number of carbonyl (C=O) groups is 1. The molecule has 1 unspecified atom stereocenters. The highest BCUT2D eigenvalue weighted by molar-refractivity contribution is 5.75. The number of hydrogen-bond acceptors (Lipinski definition) is 3. The monoisotopic (exact) mass is 209 g/mol. The van der Waals surface area contributed by atoms with Gasteiger partial charge in [-0.05, 0) is 18.1 Å². The minimum atomic E-state index is -0.845. The molecule has 1 aromatic heterocycles. The van der Waals surface area contributed by atoms with E-state index in [1.165, 1.54) is 6.20 Å². The molecule has 1 heterocycles.